The number of hydrogen-bond donors (Lipinski definition) is 1. The van der Waals surface area contributed by atoms with E-state index in [1.165, 1.54) is 12.8 Å². The third-order valence-electron chi connectivity index (χ3n) is 3.59. The van der Waals surface area contributed by atoms with E-state index in [2.05, 4.69) is 6.07 Å². The number of nitrogens with two attached hydrogens (primary N) is 1. The van der Waals surface area contributed by atoms with Gasteiger partial charge in [0.2, 0.25) is 5.91 Å². The molecule has 88 valence electrons. The third-order valence-corrected chi connectivity index (χ3v) is 3.59. The van der Waals surface area contributed by atoms with E-state index < -0.39 is 0 Å². The lowest BCUT2D eigenvalue weighted by Gasteiger charge is -2.31. The molecule has 1 heterocycles. The van der Waals surface area contributed by atoms with Crippen LogP contribution in [0.2, 0.25) is 0 Å². The summed E-state index contributed by atoms with van der Waals surface area (Å²) in [4.78, 5) is 13.8. The van der Waals surface area contributed by atoms with Crippen LogP contribution in [0.1, 0.15) is 32.1 Å². The highest BCUT2D eigenvalue weighted by atomic mass is 16.2. The first-order valence-corrected chi connectivity index (χ1v) is 6.14. The van der Waals surface area contributed by atoms with Gasteiger partial charge in [-0.15, -0.1) is 0 Å². The molecule has 0 unspecified atom stereocenters. The van der Waals surface area contributed by atoms with Gasteiger partial charge in [0.15, 0.2) is 0 Å². The smallest absolute Gasteiger partial charge is 0.239 e. The molecule has 1 aliphatic heterocycles. The first-order chi connectivity index (χ1) is 7.70. The molecule has 0 radical (unpaired) electrons. The molecule has 0 aromatic heterocycles. The molecule has 0 aromatic carbocycles. The molecule has 2 rings (SSSR count). The molecule has 2 N–H and O–H groups in total. The maximum atomic E-state index is 12.0. The largest absolute Gasteiger partial charge is 0.341 e. The van der Waals surface area contributed by atoms with E-state index in [1.54, 1.807) is 0 Å². The minimum atomic E-state index is -0.314. The summed E-state index contributed by atoms with van der Waals surface area (Å²) in [6.07, 6.45) is 4.92. The fraction of sp³-hybridized carbons (Fsp3) is 0.833. The fourth-order valence-corrected chi connectivity index (χ4v) is 2.28. The van der Waals surface area contributed by atoms with Crippen LogP contribution in [0.4, 0.5) is 0 Å². The number of piperidine rings is 1. The Kier molecular flexibility index (Phi) is 3.45. The summed E-state index contributed by atoms with van der Waals surface area (Å²) in [6, 6.07) is 1.95. The maximum absolute atomic E-state index is 12.0. The van der Waals surface area contributed by atoms with Crippen molar-refractivity contribution in [3.8, 4) is 6.07 Å². The number of nitriles is 1. The maximum Gasteiger partial charge on any atom is 0.239 e. The molecule has 2 aliphatic rings. The van der Waals surface area contributed by atoms with Gasteiger partial charge in [-0.05, 0) is 25.2 Å². The summed E-state index contributed by atoms with van der Waals surface area (Å²) in [5.41, 5.74) is 5.90. The Morgan fingerprint density at radius 2 is 2.00 bits per heavy atom. The standard InChI is InChI=1S/C12H19N3O/c13-8-10-3-5-15(6-4-10)12(16)11(14)7-9-1-2-9/h9-11H,1-7,14H2/t11-/m1/s1. The van der Waals surface area contributed by atoms with Crippen molar-refractivity contribution in [2.75, 3.05) is 13.1 Å². The molecule has 0 spiro atoms. The molecule has 16 heavy (non-hydrogen) atoms. The Bertz CT molecular complexity index is 298. The molecule has 4 nitrogen and oxygen atoms in total. The molecule has 1 amide bonds. The van der Waals surface area contributed by atoms with Crippen LogP contribution in [0.3, 0.4) is 0 Å². The van der Waals surface area contributed by atoms with E-state index >= 15 is 0 Å². The van der Waals surface area contributed by atoms with E-state index in [0.717, 1.165) is 19.3 Å². The van der Waals surface area contributed by atoms with Gasteiger partial charge in [-0.1, -0.05) is 12.8 Å². The van der Waals surface area contributed by atoms with E-state index in [4.69, 9.17) is 11.0 Å². The highest BCUT2D eigenvalue weighted by Gasteiger charge is 2.30. The molecule has 0 bridgehead atoms. The van der Waals surface area contributed by atoms with Crippen molar-refractivity contribution in [2.45, 2.75) is 38.1 Å². The lowest BCUT2D eigenvalue weighted by molar-refractivity contribution is -0.134. The minimum Gasteiger partial charge on any atom is -0.341 e. The molecule has 2 fully saturated rings. The van der Waals surface area contributed by atoms with Gasteiger partial charge in [-0.25, -0.2) is 0 Å². The molecular formula is C12H19N3O. The molecular weight excluding hydrogens is 202 g/mol. The fourth-order valence-electron chi connectivity index (χ4n) is 2.28. The number of nitrogens with zero attached hydrogens (tertiary/aromatic N) is 2. The third kappa shape index (κ3) is 2.73. The molecule has 1 atom stereocenters. The van der Waals surface area contributed by atoms with Crippen LogP contribution in [0.5, 0.6) is 0 Å². The monoisotopic (exact) mass is 221 g/mol. The lowest BCUT2D eigenvalue weighted by atomic mass is 9.97. The predicted octanol–water partition coefficient (Wildman–Crippen LogP) is 0.876. The molecule has 0 aromatic rings. The zero-order valence-corrected chi connectivity index (χ0v) is 9.56. The summed E-state index contributed by atoms with van der Waals surface area (Å²) in [7, 11) is 0. The van der Waals surface area contributed by atoms with Gasteiger partial charge in [-0.2, -0.15) is 5.26 Å². The number of rotatable bonds is 3. The second-order valence-corrected chi connectivity index (χ2v) is 5.01. The first kappa shape index (κ1) is 11.4. The van der Waals surface area contributed by atoms with E-state index in [0.29, 0.717) is 19.0 Å². The van der Waals surface area contributed by atoms with Crippen LogP contribution in [0.25, 0.3) is 0 Å². The average Bonchev–Trinajstić information content (AvgIpc) is 3.12. The highest BCUT2D eigenvalue weighted by Crippen LogP contribution is 2.33. The van der Waals surface area contributed by atoms with Crippen molar-refractivity contribution in [3.63, 3.8) is 0 Å². The van der Waals surface area contributed by atoms with Crippen LogP contribution in [0, 0.1) is 23.2 Å². The average molecular weight is 221 g/mol. The van der Waals surface area contributed by atoms with Crippen molar-refractivity contribution in [1.29, 1.82) is 5.26 Å². The Balaban J connectivity index is 1.78. The molecule has 1 aliphatic carbocycles. The Morgan fingerprint density at radius 1 is 1.38 bits per heavy atom. The van der Waals surface area contributed by atoms with Gasteiger partial charge >= 0.3 is 0 Å². The molecule has 4 heteroatoms. The van der Waals surface area contributed by atoms with Crippen LogP contribution in [-0.4, -0.2) is 29.9 Å². The molecule has 1 saturated carbocycles. The number of likely N-dealkylation sites (tertiary alicyclic amines) is 1. The number of hydrogen-bond acceptors (Lipinski definition) is 3. The number of amides is 1. The van der Waals surface area contributed by atoms with Crippen LogP contribution < -0.4 is 5.73 Å². The van der Waals surface area contributed by atoms with Crippen molar-refractivity contribution in [3.05, 3.63) is 0 Å². The summed E-state index contributed by atoms with van der Waals surface area (Å²) in [5.74, 6) is 0.905. The number of carbonyl (C=O) groups is 1. The van der Waals surface area contributed by atoms with Crippen molar-refractivity contribution >= 4 is 5.91 Å². The quantitative estimate of drug-likeness (QED) is 0.769. The van der Waals surface area contributed by atoms with Gasteiger partial charge in [0.05, 0.1) is 12.1 Å². The lowest BCUT2D eigenvalue weighted by Crippen LogP contribution is -2.47. The van der Waals surface area contributed by atoms with E-state index in [9.17, 15) is 4.79 Å². The Labute approximate surface area is 96.4 Å². The predicted molar refractivity (Wildman–Crippen MR) is 60.2 cm³/mol. The highest BCUT2D eigenvalue weighted by molar-refractivity contribution is 5.81. The minimum absolute atomic E-state index is 0.0864. The second kappa shape index (κ2) is 4.84. The zero-order valence-electron chi connectivity index (χ0n) is 9.56. The van der Waals surface area contributed by atoms with Gasteiger partial charge in [0.1, 0.15) is 0 Å². The van der Waals surface area contributed by atoms with Crippen molar-refractivity contribution in [2.24, 2.45) is 17.6 Å². The van der Waals surface area contributed by atoms with Crippen LogP contribution in [-0.2, 0) is 4.79 Å². The first-order valence-electron chi connectivity index (χ1n) is 6.14. The summed E-state index contributed by atoms with van der Waals surface area (Å²) < 4.78 is 0. The second-order valence-electron chi connectivity index (χ2n) is 5.01. The topological polar surface area (TPSA) is 70.1 Å². The van der Waals surface area contributed by atoms with Crippen molar-refractivity contribution < 1.29 is 4.79 Å². The SMILES string of the molecule is N#CC1CCN(C(=O)[C@H](N)CC2CC2)CC1. The van der Waals surface area contributed by atoms with Gasteiger partial charge in [-0.3, -0.25) is 4.79 Å². The normalized spacial score (nSPS) is 23.9. The van der Waals surface area contributed by atoms with Gasteiger partial charge in [0, 0.05) is 19.0 Å². The summed E-state index contributed by atoms with van der Waals surface area (Å²) >= 11 is 0. The van der Waals surface area contributed by atoms with E-state index in [1.807, 2.05) is 4.90 Å². The Hall–Kier alpha value is -1.08. The van der Waals surface area contributed by atoms with Crippen LogP contribution >= 0.6 is 0 Å². The zero-order chi connectivity index (χ0) is 11.5. The number of carbonyl (C=O) groups excluding carboxylic acids is 1. The molecule has 1 saturated heterocycles. The van der Waals surface area contributed by atoms with Gasteiger partial charge in [0.25, 0.3) is 0 Å². The summed E-state index contributed by atoms with van der Waals surface area (Å²) in [5, 5.41) is 8.77. The van der Waals surface area contributed by atoms with Crippen LogP contribution in [0.15, 0.2) is 0 Å². The van der Waals surface area contributed by atoms with Crippen molar-refractivity contribution in [1.82, 2.24) is 4.90 Å². The van der Waals surface area contributed by atoms with E-state index in [-0.39, 0.29) is 17.9 Å². The van der Waals surface area contributed by atoms with Gasteiger partial charge < -0.3 is 10.6 Å². The Morgan fingerprint density at radius 3 is 2.50 bits per heavy atom. The summed E-state index contributed by atoms with van der Waals surface area (Å²) in [6.45, 7) is 1.41.